The maximum absolute atomic E-state index is 4.95. The van der Waals surface area contributed by atoms with E-state index < -0.39 is 21.3 Å². The number of hydrogen-bond acceptors (Lipinski definition) is 0. The molecule has 2 aromatic rings. The molecule has 0 saturated heterocycles. The molecule has 0 aromatic heterocycles. The summed E-state index contributed by atoms with van der Waals surface area (Å²) in [6.45, 7) is 9.37. The maximum Gasteiger partial charge on any atom is -1.00 e. The van der Waals surface area contributed by atoms with Crippen molar-refractivity contribution in [3.8, 4) is 0 Å². The van der Waals surface area contributed by atoms with Crippen molar-refractivity contribution < 1.29 is 46.1 Å². The van der Waals surface area contributed by atoms with Gasteiger partial charge >= 0.3 is 179 Å². The third-order valence-electron chi connectivity index (χ3n) is 6.99. The molecule has 2 aromatic carbocycles. The second kappa shape index (κ2) is 10.7. The second-order valence-corrected chi connectivity index (χ2v) is 14.5. The summed E-state index contributed by atoms with van der Waals surface area (Å²) < 4.78 is 6.13. The Bertz CT molecular complexity index is 895. The largest absolute Gasteiger partial charge is 1.00 e. The fourth-order valence-corrected chi connectivity index (χ4v) is 11.0. The zero-order valence-corrected chi connectivity index (χ0v) is 22.4. The van der Waals surface area contributed by atoms with E-state index in [9.17, 15) is 0 Å². The van der Waals surface area contributed by atoms with Crippen LogP contribution in [0.5, 0.6) is 0 Å². The Labute approximate surface area is 202 Å². The van der Waals surface area contributed by atoms with Crippen molar-refractivity contribution in [2.24, 2.45) is 11.8 Å². The molecular formula is C27H32Cl2Zr. The van der Waals surface area contributed by atoms with Gasteiger partial charge in [0, 0.05) is 0 Å². The van der Waals surface area contributed by atoms with Gasteiger partial charge in [-0.2, -0.15) is 0 Å². The van der Waals surface area contributed by atoms with Crippen LogP contribution in [-0.4, -0.2) is 4.21 Å². The monoisotopic (exact) mass is 516 g/mol. The molecule has 0 radical (unpaired) electrons. The zero-order chi connectivity index (χ0) is 19.8. The first-order valence-corrected chi connectivity index (χ1v) is 15.4. The van der Waals surface area contributed by atoms with Crippen LogP contribution in [0.1, 0.15) is 70.0 Å². The first kappa shape index (κ1) is 25.5. The smallest absolute Gasteiger partial charge is 1.00 e. The molecule has 158 valence electrons. The number of hydrogen-bond donors (Lipinski definition) is 0. The minimum absolute atomic E-state index is 0. The topological polar surface area (TPSA) is 0 Å². The summed E-state index contributed by atoms with van der Waals surface area (Å²) in [6.07, 6.45) is 7.65. The van der Waals surface area contributed by atoms with Crippen LogP contribution in [0.2, 0.25) is 0 Å². The number of benzene rings is 2. The van der Waals surface area contributed by atoms with Gasteiger partial charge in [0.1, 0.15) is 0 Å². The van der Waals surface area contributed by atoms with Gasteiger partial charge in [0.2, 0.25) is 0 Å². The van der Waals surface area contributed by atoms with Gasteiger partial charge in [0.05, 0.1) is 0 Å². The van der Waals surface area contributed by atoms with Crippen LogP contribution in [0.15, 0.2) is 60.7 Å². The molecule has 0 spiro atoms. The number of fused-ring (bicyclic) bond motifs is 2. The predicted octanol–water partition coefficient (Wildman–Crippen LogP) is 1.41. The van der Waals surface area contributed by atoms with E-state index in [1.54, 1.807) is 22.3 Å². The molecule has 4 unspecified atom stereocenters. The fraction of sp³-hybridized carbons (Fsp3) is 0.370. The molecule has 0 N–H and O–H groups in total. The predicted molar refractivity (Wildman–Crippen MR) is 120 cm³/mol. The van der Waals surface area contributed by atoms with Crippen LogP contribution in [0.3, 0.4) is 0 Å². The minimum Gasteiger partial charge on any atom is -1.00 e. The molecule has 0 bridgehead atoms. The van der Waals surface area contributed by atoms with Gasteiger partial charge in [0.25, 0.3) is 0 Å². The molecule has 2 aliphatic rings. The normalized spacial score (nSPS) is 20.4. The summed E-state index contributed by atoms with van der Waals surface area (Å²) in [4.78, 5) is 0. The van der Waals surface area contributed by atoms with Crippen molar-refractivity contribution in [1.29, 1.82) is 0 Å². The van der Waals surface area contributed by atoms with E-state index in [2.05, 4.69) is 88.4 Å². The first-order valence-electron chi connectivity index (χ1n) is 10.9. The Morgan fingerprint density at radius 3 is 1.47 bits per heavy atom. The molecule has 0 heterocycles. The van der Waals surface area contributed by atoms with Crippen LogP contribution < -0.4 is 24.8 Å². The van der Waals surface area contributed by atoms with E-state index in [4.69, 9.17) is 4.21 Å². The van der Waals surface area contributed by atoms with Crippen LogP contribution >= 0.6 is 0 Å². The van der Waals surface area contributed by atoms with Gasteiger partial charge in [-0.1, -0.05) is 0 Å². The Morgan fingerprint density at radius 2 is 1.10 bits per heavy atom. The van der Waals surface area contributed by atoms with Crippen LogP contribution in [0, 0.1) is 11.8 Å². The third kappa shape index (κ3) is 4.41. The molecule has 4 rings (SSSR count). The van der Waals surface area contributed by atoms with Crippen LogP contribution in [0.25, 0.3) is 11.1 Å². The standard InChI is InChI=1S/2C13H15.CH2.2ClH.Zr/c2*1-3-10(2)12-9-8-11-6-4-5-7-13(11)12;;;;/h2*4-10H,3H2,1-2H3;1H2;2*1H;/q;;;;;+2/p-2. The van der Waals surface area contributed by atoms with Gasteiger partial charge in [-0.15, -0.1) is 0 Å². The van der Waals surface area contributed by atoms with E-state index >= 15 is 0 Å². The van der Waals surface area contributed by atoms with Crippen LogP contribution in [-0.2, 0) is 21.3 Å². The van der Waals surface area contributed by atoms with Crippen molar-refractivity contribution in [2.45, 2.75) is 47.8 Å². The van der Waals surface area contributed by atoms with E-state index in [0.29, 0.717) is 19.1 Å². The quantitative estimate of drug-likeness (QED) is 0.543. The number of rotatable bonds is 6. The molecule has 0 nitrogen and oxygen atoms in total. The van der Waals surface area contributed by atoms with E-state index in [1.807, 2.05) is 0 Å². The SMILES string of the molecule is [CH2]=[Zr+2]([CH]1C=C(C(C)CC)c2ccccc21)[CH]1C=C(C(C)CC)c2ccccc21.[Cl-].[Cl-]. The van der Waals surface area contributed by atoms with E-state index in [1.165, 1.54) is 24.0 Å². The van der Waals surface area contributed by atoms with Crippen molar-refractivity contribution >= 4 is 15.4 Å². The van der Waals surface area contributed by atoms with E-state index in [0.717, 1.165) is 0 Å². The molecule has 0 saturated carbocycles. The molecule has 30 heavy (non-hydrogen) atoms. The third-order valence-corrected chi connectivity index (χ3v) is 13.3. The molecule has 3 heteroatoms. The Morgan fingerprint density at radius 1 is 0.733 bits per heavy atom. The molecule has 2 aliphatic carbocycles. The van der Waals surface area contributed by atoms with Gasteiger partial charge in [-0.3, -0.25) is 0 Å². The minimum atomic E-state index is -2.06. The van der Waals surface area contributed by atoms with Crippen molar-refractivity contribution in [3.05, 3.63) is 82.9 Å². The van der Waals surface area contributed by atoms with Gasteiger partial charge in [0.15, 0.2) is 0 Å². The first-order chi connectivity index (χ1) is 13.6. The van der Waals surface area contributed by atoms with Crippen molar-refractivity contribution in [1.82, 2.24) is 0 Å². The summed E-state index contributed by atoms with van der Waals surface area (Å²) in [5.74, 6) is 1.26. The Balaban J connectivity index is 0.00000160. The molecule has 4 atom stereocenters. The molecule has 0 fully saturated rings. The summed E-state index contributed by atoms with van der Waals surface area (Å²) >= 11 is -2.06. The summed E-state index contributed by atoms with van der Waals surface area (Å²) in [5.41, 5.74) is 9.27. The van der Waals surface area contributed by atoms with Gasteiger partial charge in [-0.25, -0.2) is 0 Å². The average molecular weight is 519 g/mol. The maximum atomic E-state index is 4.95. The van der Waals surface area contributed by atoms with Crippen molar-refractivity contribution in [3.63, 3.8) is 0 Å². The Hall–Kier alpha value is -0.747. The van der Waals surface area contributed by atoms with Gasteiger partial charge in [-0.05, 0) is 0 Å². The van der Waals surface area contributed by atoms with Crippen LogP contribution in [0.4, 0.5) is 0 Å². The molecule has 0 amide bonds. The number of halogens is 2. The zero-order valence-electron chi connectivity index (χ0n) is 18.5. The second-order valence-electron chi connectivity index (χ2n) is 8.57. The number of allylic oxidation sites excluding steroid dienone is 4. The summed E-state index contributed by atoms with van der Waals surface area (Å²) in [7, 11) is 0. The fourth-order valence-electron chi connectivity index (χ4n) is 4.89. The summed E-state index contributed by atoms with van der Waals surface area (Å²) in [6, 6.07) is 18.3. The van der Waals surface area contributed by atoms with E-state index in [-0.39, 0.29) is 24.8 Å². The average Bonchev–Trinajstić information content (AvgIpc) is 3.31. The molecule has 0 aliphatic heterocycles. The van der Waals surface area contributed by atoms with Gasteiger partial charge < -0.3 is 24.8 Å². The van der Waals surface area contributed by atoms with Crippen molar-refractivity contribution in [2.75, 3.05) is 0 Å². The Kier molecular flexibility index (Phi) is 9.11. The summed E-state index contributed by atoms with van der Waals surface area (Å²) in [5, 5.41) is 0. The molecular weight excluding hydrogens is 486 g/mol.